The van der Waals surface area contributed by atoms with Crippen LogP contribution in [0.1, 0.15) is 25.3 Å². The Morgan fingerprint density at radius 1 is 1.38 bits per heavy atom. The van der Waals surface area contributed by atoms with Crippen molar-refractivity contribution in [1.82, 2.24) is 0 Å². The summed E-state index contributed by atoms with van der Waals surface area (Å²) >= 11 is 0. The lowest BCUT2D eigenvalue weighted by Gasteiger charge is -2.13. The minimum absolute atomic E-state index is 0.391. The normalized spacial score (nSPS) is 10.8. The second-order valence-electron chi connectivity index (χ2n) is 3.75. The number of rotatable bonds is 5. The smallest absolute Gasteiger partial charge is 0.144 e. The molecule has 3 nitrogen and oxygen atoms in total. The summed E-state index contributed by atoms with van der Waals surface area (Å²) in [6, 6.07) is 5.84. The molecule has 1 rings (SSSR count). The van der Waals surface area contributed by atoms with E-state index in [0.717, 1.165) is 23.3 Å². The third-order valence-corrected chi connectivity index (χ3v) is 2.29. The number of benzene rings is 1. The topological polar surface area (TPSA) is 38.3 Å². The van der Waals surface area contributed by atoms with Gasteiger partial charge in [-0.1, -0.05) is 13.8 Å². The molecule has 0 saturated carbocycles. The number of hydrogen-bond acceptors (Lipinski definition) is 3. The van der Waals surface area contributed by atoms with Crippen LogP contribution in [-0.2, 0) is 4.79 Å². The first-order chi connectivity index (χ1) is 7.69. The SMILES string of the molecule is COc1ccc(N/C=C/C=O)c(C(C)C)c1. The minimum atomic E-state index is 0.391. The van der Waals surface area contributed by atoms with Gasteiger partial charge < -0.3 is 10.1 Å². The maximum atomic E-state index is 10.2. The molecule has 0 fully saturated rings. The van der Waals surface area contributed by atoms with E-state index in [4.69, 9.17) is 4.74 Å². The molecule has 0 heterocycles. The summed E-state index contributed by atoms with van der Waals surface area (Å²) in [4.78, 5) is 10.2. The van der Waals surface area contributed by atoms with Crippen LogP contribution < -0.4 is 10.1 Å². The number of ether oxygens (including phenoxy) is 1. The van der Waals surface area contributed by atoms with Gasteiger partial charge in [0, 0.05) is 11.9 Å². The minimum Gasteiger partial charge on any atom is -0.497 e. The molecule has 0 spiro atoms. The molecule has 86 valence electrons. The van der Waals surface area contributed by atoms with E-state index in [1.54, 1.807) is 13.3 Å². The molecule has 0 aromatic heterocycles. The standard InChI is InChI=1S/C13H17NO2/c1-10(2)12-9-11(16-3)5-6-13(12)14-7-4-8-15/h4-10,14H,1-3H3/b7-4+. The Balaban J connectivity index is 2.98. The first kappa shape index (κ1) is 12.3. The quantitative estimate of drug-likeness (QED) is 0.611. The molecule has 16 heavy (non-hydrogen) atoms. The van der Waals surface area contributed by atoms with Crippen molar-refractivity contribution in [2.45, 2.75) is 19.8 Å². The predicted octanol–water partition coefficient (Wildman–Crippen LogP) is 2.94. The van der Waals surface area contributed by atoms with Gasteiger partial charge in [-0.25, -0.2) is 0 Å². The molecule has 0 aliphatic rings. The van der Waals surface area contributed by atoms with E-state index in [0.29, 0.717) is 5.92 Å². The van der Waals surface area contributed by atoms with Crippen LogP contribution in [0.25, 0.3) is 0 Å². The molecule has 3 heteroatoms. The summed E-state index contributed by atoms with van der Waals surface area (Å²) in [5.41, 5.74) is 2.16. The Morgan fingerprint density at radius 2 is 2.12 bits per heavy atom. The van der Waals surface area contributed by atoms with Gasteiger partial charge in [0.25, 0.3) is 0 Å². The summed E-state index contributed by atoms with van der Waals surface area (Å²) < 4.78 is 5.18. The van der Waals surface area contributed by atoms with Crippen molar-refractivity contribution < 1.29 is 9.53 Å². The molecule has 1 aromatic rings. The van der Waals surface area contributed by atoms with Gasteiger partial charge in [-0.3, -0.25) is 4.79 Å². The Hall–Kier alpha value is -1.77. The van der Waals surface area contributed by atoms with Crippen LogP contribution in [0.2, 0.25) is 0 Å². The highest BCUT2D eigenvalue weighted by molar-refractivity contribution is 5.66. The van der Waals surface area contributed by atoms with Gasteiger partial charge in [-0.05, 0) is 35.8 Å². The Morgan fingerprint density at radius 3 is 2.69 bits per heavy atom. The van der Waals surface area contributed by atoms with Gasteiger partial charge in [0.15, 0.2) is 0 Å². The fourth-order valence-electron chi connectivity index (χ4n) is 1.45. The number of hydrogen-bond donors (Lipinski definition) is 1. The van der Waals surface area contributed by atoms with E-state index in [-0.39, 0.29) is 0 Å². The van der Waals surface area contributed by atoms with E-state index in [9.17, 15) is 4.79 Å². The summed E-state index contributed by atoms with van der Waals surface area (Å²) in [6.07, 6.45) is 3.79. The van der Waals surface area contributed by atoms with Crippen LogP contribution in [0.4, 0.5) is 5.69 Å². The van der Waals surface area contributed by atoms with Gasteiger partial charge in [-0.15, -0.1) is 0 Å². The second-order valence-corrected chi connectivity index (χ2v) is 3.75. The number of nitrogens with one attached hydrogen (secondary N) is 1. The lowest BCUT2D eigenvalue weighted by molar-refractivity contribution is -0.104. The zero-order valence-corrected chi connectivity index (χ0v) is 9.86. The Bertz CT molecular complexity index is 384. The van der Waals surface area contributed by atoms with E-state index >= 15 is 0 Å². The van der Waals surface area contributed by atoms with E-state index in [1.807, 2.05) is 18.2 Å². The molecule has 0 unspecified atom stereocenters. The molecule has 0 aliphatic carbocycles. The fourth-order valence-corrected chi connectivity index (χ4v) is 1.45. The second kappa shape index (κ2) is 5.95. The van der Waals surface area contributed by atoms with E-state index in [1.165, 1.54) is 6.08 Å². The van der Waals surface area contributed by atoms with Crippen molar-refractivity contribution >= 4 is 12.0 Å². The van der Waals surface area contributed by atoms with Crippen LogP contribution in [-0.4, -0.2) is 13.4 Å². The summed E-state index contributed by atoms with van der Waals surface area (Å²) in [6.45, 7) is 4.23. The highest BCUT2D eigenvalue weighted by Crippen LogP contribution is 2.28. The van der Waals surface area contributed by atoms with Crippen molar-refractivity contribution in [1.29, 1.82) is 0 Å². The number of anilines is 1. The fraction of sp³-hybridized carbons (Fsp3) is 0.308. The number of aldehydes is 1. The summed E-state index contributed by atoms with van der Waals surface area (Å²) in [5.74, 6) is 1.23. The average Bonchev–Trinajstić information content (AvgIpc) is 2.29. The van der Waals surface area contributed by atoms with Crippen LogP contribution in [0, 0.1) is 0 Å². The van der Waals surface area contributed by atoms with E-state index < -0.39 is 0 Å². The number of methoxy groups -OCH3 is 1. The van der Waals surface area contributed by atoms with Crippen molar-refractivity contribution in [3.63, 3.8) is 0 Å². The predicted molar refractivity (Wildman–Crippen MR) is 65.9 cm³/mol. The maximum absolute atomic E-state index is 10.2. The van der Waals surface area contributed by atoms with Gasteiger partial charge in [0.1, 0.15) is 12.0 Å². The van der Waals surface area contributed by atoms with Crippen LogP contribution in [0.5, 0.6) is 5.75 Å². The summed E-state index contributed by atoms with van der Waals surface area (Å²) in [5, 5.41) is 3.08. The third-order valence-electron chi connectivity index (χ3n) is 2.29. The van der Waals surface area contributed by atoms with Gasteiger partial charge in [0.05, 0.1) is 7.11 Å². The molecule has 1 N–H and O–H groups in total. The molecule has 0 aliphatic heterocycles. The average molecular weight is 219 g/mol. The summed E-state index contributed by atoms with van der Waals surface area (Å²) in [7, 11) is 1.65. The number of carbonyl (C=O) groups excluding carboxylic acids is 1. The third kappa shape index (κ3) is 3.12. The molecule has 0 radical (unpaired) electrons. The van der Waals surface area contributed by atoms with Crippen molar-refractivity contribution in [2.75, 3.05) is 12.4 Å². The lowest BCUT2D eigenvalue weighted by atomic mass is 10.0. The number of carbonyl (C=O) groups is 1. The molecule has 1 aromatic carbocycles. The van der Waals surface area contributed by atoms with Crippen molar-refractivity contribution in [2.24, 2.45) is 0 Å². The van der Waals surface area contributed by atoms with E-state index in [2.05, 4.69) is 19.2 Å². The Labute approximate surface area is 96.1 Å². The first-order valence-corrected chi connectivity index (χ1v) is 5.23. The maximum Gasteiger partial charge on any atom is 0.144 e. The van der Waals surface area contributed by atoms with Gasteiger partial charge >= 0.3 is 0 Å². The zero-order chi connectivity index (χ0) is 12.0. The van der Waals surface area contributed by atoms with Crippen molar-refractivity contribution in [3.8, 4) is 5.75 Å². The van der Waals surface area contributed by atoms with Crippen LogP contribution >= 0.6 is 0 Å². The Kier molecular flexibility index (Phi) is 4.58. The molecule has 0 amide bonds. The highest BCUT2D eigenvalue weighted by atomic mass is 16.5. The molecule has 0 atom stereocenters. The molecular formula is C13H17NO2. The molecular weight excluding hydrogens is 202 g/mol. The largest absolute Gasteiger partial charge is 0.497 e. The van der Waals surface area contributed by atoms with Crippen LogP contribution in [0.15, 0.2) is 30.5 Å². The first-order valence-electron chi connectivity index (χ1n) is 5.23. The van der Waals surface area contributed by atoms with Crippen molar-refractivity contribution in [3.05, 3.63) is 36.0 Å². The van der Waals surface area contributed by atoms with Gasteiger partial charge in [-0.2, -0.15) is 0 Å². The number of allylic oxidation sites excluding steroid dienone is 1. The molecule has 0 bridgehead atoms. The lowest BCUT2D eigenvalue weighted by Crippen LogP contribution is -1.97. The zero-order valence-electron chi connectivity index (χ0n) is 9.86. The monoisotopic (exact) mass is 219 g/mol. The van der Waals surface area contributed by atoms with Crippen LogP contribution in [0.3, 0.4) is 0 Å². The molecule has 0 saturated heterocycles. The van der Waals surface area contributed by atoms with Gasteiger partial charge in [0.2, 0.25) is 0 Å². The highest BCUT2D eigenvalue weighted by Gasteiger charge is 2.06.